The maximum absolute atomic E-state index is 12.4. The molecule has 1 aromatic carbocycles. The van der Waals surface area contributed by atoms with Gasteiger partial charge in [0.15, 0.2) is 0 Å². The van der Waals surface area contributed by atoms with Gasteiger partial charge in [-0.2, -0.15) is 0 Å². The van der Waals surface area contributed by atoms with E-state index < -0.39 is 0 Å². The summed E-state index contributed by atoms with van der Waals surface area (Å²) in [6, 6.07) is 10.1. The summed E-state index contributed by atoms with van der Waals surface area (Å²) in [7, 11) is 4.02. The number of ether oxygens (including phenoxy) is 1. The Bertz CT molecular complexity index is 424. The molecule has 1 amide bonds. The second kappa shape index (κ2) is 8.15. The monoisotopic (exact) mass is 292 g/mol. The Morgan fingerprint density at radius 1 is 1.10 bits per heavy atom. The van der Waals surface area contributed by atoms with Crippen LogP contribution in [0.5, 0.6) is 0 Å². The molecular formula is C17H28N2O2. The van der Waals surface area contributed by atoms with Crippen LogP contribution in [-0.2, 0) is 16.1 Å². The minimum absolute atomic E-state index is 0.0376. The van der Waals surface area contributed by atoms with Crippen molar-refractivity contribution < 1.29 is 9.53 Å². The van der Waals surface area contributed by atoms with Crippen molar-refractivity contribution in [3.8, 4) is 0 Å². The first-order chi connectivity index (χ1) is 9.78. The standard InChI is InChI=1S/C17H28N2O2/c1-17(2,3)21-14-16(20)19(12-11-18(4)5)13-15-9-7-6-8-10-15/h6-10H,11-14H2,1-5H3. The molecule has 0 fully saturated rings. The normalized spacial score (nSPS) is 11.7. The minimum atomic E-state index is -0.296. The van der Waals surface area contributed by atoms with Gasteiger partial charge < -0.3 is 14.5 Å². The van der Waals surface area contributed by atoms with Crippen LogP contribution in [0, 0.1) is 0 Å². The van der Waals surface area contributed by atoms with Gasteiger partial charge >= 0.3 is 0 Å². The number of rotatable bonds is 7. The highest BCUT2D eigenvalue weighted by Crippen LogP contribution is 2.09. The lowest BCUT2D eigenvalue weighted by Crippen LogP contribution is -2.39. The Hall–Kier alpha value is -1.39. The van der Waals surface area contributed by atoms with Crippen LogP contribution in [0.2, 0.25) is 0 Å². The van der Waals surface area contributed by atoms with Crippen LogP contribution in [0.15, 0.2) is 30.3 Å². The highest BCUT2D eigenvalue weighted by atomic mass is 16.5. The number of amides is 1. The number of hydrogen-bond acceptors (Lipinski definition) is 3. The second-order valence-corrected chi connectivity index (χ2v) is 6.51. The topological polar surface area (TPSA) is 32.8 Å². The summed E-state index contributed by atoms with van der Waals surface area (Å²) < 4.78 is 5.61. The third-order valence-electron chi connectivity index (χ3n) is 3.01. The number of carbonyl (C=O) groups excluding carboxylic acids is 1. The van der Waals surface area contributed by atoms with Gasteiger partial charge in [-0.05, 0) is 40.4 Å². The van der Waals surface area contributed by atoms with E-state index in [1.165, 1.54) is 0 Å². The van der Waals surface area contributed by atoms with Crippen LogP contribution >= 0.6 is 0 Å². The van der Waals surface area contributed by atoms with Crippen molar-refractivity contribution in [2.24, 2.45) is 0 Å². The molecule has 4 nitrogen and oxygen atoms in total. The average Bonchev–Trinajstić information content (AvgIpc) is 2.41. The summed E-state index contributed by atoms with van der Waals surface area (Å²) in [6.45, 7) is 8.18. The summed E-state index contributed by atoms with van der Waals surface area (Å²) in [5.74, 6) is 0.0376. The predicted octanol–water partition coefficient (Wildman–Crippen LogP) is 2.39. The highest BCUT2D eigenvalue weighted by Gasteiger charge is 2.18. The molecule has 0 N–H and O–H groups in total. The van der Waals surface area contributed by atoms with Crippen LogP contribution < -0.4 is 0 Å². The molecule has 0 atom stereocenters. The van der Waals surface area contributed by atoms with Crippen molar-refractivity contribution in [2.45, 2.75) is 32.9 Å². The van der Waals surface area contributed by atoms with Gasteiger partial charge in [0.05, 0.1) is 5.60 Å². The maximum Gasteiger partial charge on any atom is 0.248 e. The zero-order chi connectivity index (χ0) is 15.9. The lowest BCUT2D eigenvalue weighted by molar-refractivity contribution is -0.141. The number of benzene rings is 1. The SMILES string of the molecule is CN(C)CCN(Cc1ccccc1)C(=O)COC(C)(C)C. The van der Waals surface area contributed by atoms with Crippen LogP contribution in [0.4, 0.5) is 0 Å². The molecule has 0 saturated heterocycles. The largest absolute Gasteiger partial charge is 0.366 e. The molecule has 0 spiro atoms. The molecule has 0 bridgehead atoms. The molecule has 1 rings (SSSR count). The van der Waals surface area contributed by atoms with Gasteiger partial charge in [0, 0.05) is 19.6 Å². The zero-order valence-corrected chi connectivity index (χ0v) is 13.9. The molecule has 0 saturated carbocycles. The number of likely N-dealkylation sites (N-methyl/N-ethyl adjacent to an activating group) is 1. The Morgan fingerprint density at radius 3 is 2.24 bits per heavy atom. The van der Waals surface area contributed by atoms with Crippen LogP contribution in [0.1, 0.15) is 26.3 Å². The van der Waals surface area contributed by atoms with Crippen molar-refractivity contribution in [1.82, 2.24) is 9.80 Å². The summed E-state index contributed by atoms with van der Waals surface area (Å²) in [5.41, 5.74) is 0.843. The summed E-state index contributed by atoms with van der Waals surface area (Å²) in [5, 5.41) is 0. The minimum Gasteiger partial charge on any atom is -0.366 e. The van der Waals surface area contributed by atoms with Gasteiger partial charge in [-0.1, -0.05) is 30.3 Å². The summed E-state index contributed by atoms with van der Waals surface area (Å²) in [6.07, 6.45) is 0. The Morgan fingerprint density at radius 2 is 1.71 bits per heavy atom. The van der Waals surface area contributed by atoms with Crippen molar-refractivity contribution >= 4 is 5.91 Å². The molecule has 0 aliphatic heterocycles. The first-order valence-electron chi connectivity index (χ1n) is 7.38. The fourth-order valence-electron chi connectivity index (χ4n) is 1.79. The third-order valence-corrected chi connectivity index (χ3v) is 3.01. The summed E-state index contributed by atoms with van der Waals surface area (Å²) in [4.78, 5) is 16.3. The molecule has 4 heteroatoms. The number of hydrogen-bond donors (Lipinski definition) is 0. The van der Waals surface area contributed by atoms with E-state index in [0.717, 1.165) is 12.1 Å². The first kappa shape index (κ1) is 17.7. The van der Waals surface area contributed by atoms with E-state index in [4.69, 9.17) is 4.74 Å². The average molecular weight is 292 g/mol. The Balaban J connectivity index is 2.65. The molecule has 1 aromatic rings. The van der Waals surface area contributed by atoms with E-state index >= 15 is 0 Å². The number of carbonyl (C=O) groups is 1. The lowest BCUT2D eigenvalue weighted by atomic mass is 10.2. The van der Waals surface area contributed by atoms with E-state index in [2.05, 4.69) is 4.90 Å². The van der Waals surface area contributed by atoms with Crippen LogP contribution in [0.25, 0.3) is 0 Å². The third kappa shape index (κ3) is 7.83. The molecular weight excluding hydrogens is 264 g/mol. The molecule has 0 aromatic heterocycles. The summed E-state index contributed by atoms with van der Waals surface area (Å²) >= 11 is 0. The maximum atomic E-state index is 12.4. The van der Waals surface area contributed by atoms with Crippen molar-refractivity contribution in [2.75, 3.05) is 33.8 Å². The van der Waals surface area contributed by atoms with Crippen molar-refractivity contribution in [3.05, 3.63) is 35.9 Å². The second-order valence-electron chi connectivity index (χ2n) is 6.51. The van der Waals surface area contributed by atoms with Gasteiger partial charge in [-0.25, -0.2) is 0 Å². The predicted molar refractivity (Wildman–Crippen MR) is 86.1 cm³/mol. The highest BCUT2D eigenvalue weighted by molar-refractivity contribution is 5.77. The Kier molecular flexibility index (Phi) is 6.85. The van der Waals surface area contributed by atoms with Crippen LogP contribution in [0.3, 0.4) is 0 Å². The molecule has 0 heterocycles. The van der Waals surface area contributed by atoms with Gasteiger partial charge in [-0.3, -0.25) is 4.79 Å². The molecule has 118 valence electrons. The zero-order valence-electron chi connectivity index (χ0n) is 13.9. The first-order valence-corrected chi connectivity index (χ1v) is 7.38. The molecule has 21 heavy (non-hydrogen) atoms. The smallest absolute Gasteiger partial charge is 0.248 e. The van der Waals surface area contributed by atoms with E-state index in [9.17, 15) is 4.79 Å². The fraction of sp³-hybridized carbons (Fsp3) is 0.588. The molecule has 0 aliphatic carbocycles. The van der Waals surface area contributed by atoms with Gasteiger partial charge in [0.2, 0.25) is 5.91 Å². The Labute approximate surface area is 128 Å². The van der Waals surface area contributed by atoms with E-state index in [-0.39, 0.29) is 18.1 Å². The van der Waals surface area contributed by atoms with E-state index in [1.807, 2.05) is 70.1 Å². The quantitative estimate of drug-likeness (QED) is 0.773. The van der Waals surface area contributed by atoms with Gasteiger partial charge in [0.25, 0.3) is 0 Å². The van der Waals surface area contributed by atoms with Crippen molar-refractivity contribution in [1.29, 1.82) is 0 Å². The van der Waals surface area contributed by atoms with E-state index in [0.29, 0.717) is 13.1 Å². The number of nitrogens with zero attached hydrogens (tertiary/aromatic N) is 2. The van der Waals surface area contributed by atoms with Gasteiger partial charge in [0.1, 0.15) is 6.61 Å². The molecule has 0 aliphatic rings. The molecule has 0 unspecified atom stereocenters. The fourth-order valence-corrected chi connectivity index (χ4v) is 1.79. The van der Waals surface area contributed by atoms with Crippen molar-refractivity contribution in [3.63, 3.8) is 0 Å². The van der Waals surface area contributed by atoms with E-state index in [1.54, 1.807) is 0 Å². The lowest BCUT2D eigenvalue weighted by Gasteiger charge is -2.27. The molecule has 0 radical (unpaired) electrons. The van der Waals surface area contributed by atoms with Crippen LogP contribution in [-0.4, -0.2) is 55.1 Å². The van der Waals surface area contributed by atoms with Gasteiger partial charge in [-0.15, -0.1) is 0 Å².